The number of fused-ring (bicyclic) bond motifs is 1. The average molecular weight is 396 g/mol. The third kappa shape index (κ3) is 4.41. The minimum absolute atomic E-state index is 0.226. The van der Waals surface area contributed by atoms with Crippen molar-refractivity contribution in [1.82, 2.24) is 4.98 Å². The van der Waals surface area contributed by atoms with Crippen molar-refractivity contribution in [3.8, 4) is 11.1 Å². The third-order valence-electron chi connectivity index (χ3n) is 5.23. The molecule has 150 valence electrons. The minimum atomic E-state index is -0.314. The van der Waals surface area contributed by atoms with E-state index in [9.17, 15) is 4.79 Å². The highest BCUT2D eigenvalue weighted by molar-refractivity contribution is 5.97. The lowest BCUT2D eigenvalue weighted by Gasteiger charge is -2.12. The van der Waals surface area contributed by atoms with Gasteiger partial charge in [-0.05, 0) is 42.2 Å². The first-order valence-electron chi connectivity index (χ1n) is 10.5. The van der Waals surface area contributed by atoms with Crippen LogP contribution in [0.4, 0.5) is 0 Å². The molecule has 0 N–H and O–H groups in total. The number of aryl methyl sites for hydroxylation is 1. The van der Waals surface area contributed by atoms with Crippen LogP contribution in [0.5, 0.6) is 0 Å². The van der Waals surface area contributed by atoms with E-state index in [1.807, 2.05) is 78.9 Å². The van der Waals surface area contributed by atoms with E-state index in [1.54, 1.807) is 0 Å². The number of ether oxygens (including phenoxy) is 1. The topological polar surface area (TPSA) is 39.2 Å². The maximum atomic E-state index is 13.0. The number of esters is 1. The molecule has 0 amide bonds. The van der Waals surface area contributed by atoms with Gasteiger partial charge in [0.15, 0.2) is 0 Å². The Morgan fingerprint density at radius 1 is 0.900 bits per heavy atom. The van der Waals surface area contributed by atoms with E-state index < -0.39 is 0 Å². The highest BCUT2D eigenvalue weighted by Gasteiger charge is 2.15. The SMILES string of the molecule is CCCCc1cc(COC(=O)c2ccccc2-c2ccccc2)c2ccccc2n1. The van der Waals surface area contributed by atoms with Gasteiger partial charge in [0.05, 0.1) is 11.1 Å². The van der Waals surface area contributed by atoms with Crippen molar-refractivity contribution >= 4 is 16.9 Å². The second-order valence-corrected chi connectivity index (χ2v) is 7.38. The summed E-state index contributed by atoms with van der Waals surface area (Å²) in [7, 11) is 0. The van der Waals surface area contributed by atoms with Gasteiger partial charge in [-0.15, -0.1) is 0 Å². The maximum absolute atomic E-state index is 13.0. The molecule has 0 aliphatic rings. The first kappa shape index (κ1) is 19.8. The Balaban J connectivity index is 1.60. The van der Waals surface area contributed by atoms with Crippen LogP contribution in [0.25, 0.3) is 22.0 Å². The minimum Gasteiger partial charge on any atom is -0.457 e. The molecular weight excluding hydrogens is 370 g/mol. The summed E-state index contributed by atoms with van der Waals surface area (Å²) in [4.78, 5) is 17.7. The summed E-state index contributed by atoms with van der Waals surface area (Å²) in [5, 5.41) is 1.03. The van der Waals surface area contributed by atoms with Crippen LogP contribution in [0.3, 0.4) is 0 Å². The molecule has 0 radical (unpaired) electrons. The predicted octanol–water partition coefficient (Wildman–Crippen LogP) is 6.60. The molecule has 0 saturated carbocycles. The zero-order chi connectivity index (χ0) is 20.8. The Bertz CT molecular complexity index is 1150. The molecule has 3 aromatic carbocycles. The third-order valence-corrected chi connectivity index (χ3v) is 5.23. The van der Waals surface area contributed by atoms with E-state index >= 15 is 0 Å². The lowest BCUT2D eigenvalue weighted by molar-refractivity contribution is 0.0475. The van der Waals surface area contributed by atoms with E-state index in [4.69, 9.17) is 9.72 Å². The number of hydrogen-bond acceptors (Lipinski definition) is 3. The van der Waals surface area contributed by atoms with Crippen molar-refractivity contribution in [2.75, 3.05) is 0 Å². The molecule has 0 fully saturated rings. The number of carbonyl (C=O) groups is 1. The fourth-order valence-electron chi connectivity index (χ4n) is 3.67. The molecule has 1 heterocycles. The van der Waals surface area contributed by atoms with Crippen molar-refractivity contribution in [3.63, 3.8) is 0 Å². The van der Waals surface area contributed by atoms with E-state index in [-0.39, 0.29) is 12.6 Å². The molecule has 0 aliphatic heterocycles. The first-order chi connectivity index (χ1) is 14.8. The summed E-state index contributed by atoms with van der Waals surface area (Å²) in [5.41, 5.74) is 5.45. The second-order valence-electron chi connectivity index (χ2n) is 7.38. The molecule has 0 aliphatic carbocycles. The fourth-order valence-corrected chi connectivity index (χ4v) is 3.67. The number of carbonyl (C=O) groups excluding carboxylic acids is 1. The van der Waals surface area contributed by atoms with Crippen molar-refractivity contribution in [2.24, 2.45) is 0 Å². The number of pyridine rings is 1. The van der Waals surface area contributed by atoms with Crippen LogP contribution in [0.15, 0.2) is 84.9 Å². The van der Waals surface area contributed by atoms with Gasteiger partial charge in [-0.2, -0.15) is 0 Å². The quantitative estimate of drug-likeness (QED) is 0.331. The van der Waals surface area contributed by atoms with Crippen LogP contribution in [0, 0.1) is 0 Å². The standard InChI is InChI=1S/C27H25NO2/c1-2-3-13-22-18-21(24-15-9-10-17-26(24)28-22)19-30-27(29)25-16-8-7-14-23(25)20-11-5-4-6-12-20/h4-12,14-18H,2-3,13,19H2,1H3. The number of benzene rings is 3. The number of rotatable bonds is 7. The number of hydrogen-bond donors (Lipinski definition) is 0. The number of nitrogens with zero attached hydrogens (tertiary/aromatic N) is 1. The van der Waals surface area contributed by atoms with Crippen molar-refractivity contribution in [1.29, 1.82) is 0 Å². The average Bonchev–Trinajstić information content (AvgIpc) is 2.81. The number of unbranched alkanes of at least 4 members (excludes halogenated alkanes) is 1. The largest absolute Gasteiger partial charge is 0.457 e. The molecule has 0 unspecified atom stereocenters. The van der Waals surface area contributed by atoms with Gasteiger partial charge in [-0.3, -0.25) is 4.98 Å². The number of para-hydroxylation sites is 1. The zero-order valence-corrected chi connectivity index (χ0v) is 17.2. The summed E-state index contributed by atoms with van der Waals surface area (Å²) in [5.74, 6) is -0.314. The monoisotopic (exact) mass is 395 g/mol. The lowest BCUT2D eigenvalue weighted by Crippen LogP contribution is -2.08. The summed E-state index contributed by atoms with van der Waals surface area (Å²) < 4.78 is 5.78. The molecule has 0 spiro atoms. The Hall–Kier alpha value is -3.46. The Labute approximate surface area is 177 Å². The smallest absolute Gasteiger partial charge is 0.339 e. The van der Waals surface area contributed by atoms with Gasteiger partial charge in [0.25, 0.3) is 0 Å². The maximum Gasteiger partial charge on any atom is 0.339 e. The Morgan fingerprint density at radius 3 is 2.47 bits per heavy atom. The van der Waals surface area contributed by atoms with Crippen LogP contribution >= 0.6 is 0 Å². The van der Waals surface area contributed by atoms with Crippen LogP contribution in [-0.2, 0) is 17.8 Å². The van der Waals surface area contributed by atoms with Crippen LogP contribution in [0.2, 0.25) is 0 Å². The normalized spacial score (nSPS) is 10.8. The summed E-state index contributed by atoms with van der Waals surface area (Å²) in [6, 6.07) is 27.6. The second kappa shape index (κ2) is 9.36. The van der Waals surface area contributed by atoms with E-state index in [2.05, 4.69) is 13.0 Å². The van der Waals surface area contributed by atoms with Crippen molar-refractivity contribution < 1.29 is 9.53 Å². The van der Waals surface area contributed by atoms with Crippen molar-refractivity contribution in [3.05, 3.63) is 102 Å². The summed E-state index contributed by atoms with van der Waals surface area (Å²) >= 11 is 0. The molecule has 4 aromatic rings. The van der Waals surface area contributed by atoms with Gasteiger partial charge >= 0.3 is 5.97 Å². The number of aromatic nitrogens is 1. The molecule has 0 saturated heterocycles. The van der Waals surface area contributed by atoms with Gasteiger partial charge < -0.3 is 4.74 Å². The van der Waals surface area contributed by atoms with Gasteiger partial charge in [-0.25, -0.2) is 4.79 Å². The van der Waals surface area contributed by atoms with Gasteiger partial charge in [0.2, 0.25) is 0 Å². The fraction of sp³-hybridized carbons (Fsp3) is 0.185. The molecular formula is C27H25NO2. The van der Waals surface area contributed by atoms with Crippen LogP contribution < -0.4 is 0 Å². The molecule has 30 heavy (non-hydrogen) atoms. The predicted molar refractivity (Wildman–Crippen MR) is 121 cm³/mol. The first-order valence-corrected chi connectivity index (χ1v) is 10.5. The van der Waals surface area contributed by atoms with Crippen molar-refractivity contribution in [2.45, 2.75) is 32.8 Å². The molecule has 0 atom stereocenters. The van der Waals surface area contributed by atoms with Gasteiger partial charge in [0, 0.05) is 16.6 Å². The summed E-state index contributed by atoms with van der Waals surface area (Å²) in [6.07, 6.45) is 3.14. The molecule has 1 aromatic heterocycles. The highest BCUT2D eigenvalue weighted by Crippen LogP contribution is 2.25. The molecule has 0 bridgehead atoms. The van der Waals surface area contributed by atoms with Gasteiger partial charge in [-0.1, -0.05) is 80.1 Å². The van der Waals surface area contributed by atoms with E-state index in [0.717, 1.165) is 52.5 Å². The lowest BCUT2D eigenvalue weighted by atomic mass is 10.00. The highest BCUT2D eigenvalue weighted by atomic mass is 16.5. The van der Waals surface area contributed by atoms with Crippen LogP contribution in [-0.4, -0.2) is 11.0 Å². The zero-order valence-electron chi connectivity index (χ0n) is 17.2. The van der Waals surface area contributed by atoms with E-state index in [0.29, 0.717) is 5.56 Å². The summed E-state index contributed by atoms with van der Waals surface area (Å²) in [6.45, 7) is 2.40. The van der Waals surface area contributed by atoms with Crippen LogP contribution in [0.1, 0.15) is 41.4 Å². The Morgan fingerprint density at radius 2 is 1.63 bits per heavy atom. The molecule has 4 rings (SSSR count). The Kier molecular flexibility index (Phi) is 6.19. The van der Waals surface area contributed by atoms with E-state index in [1.165, 1.54) is 0 Å². The van der Waals surface area contributed by atoms with Gasteiger partial charge in [0.1, 0.15) is 6.61 Å². The molecule has 3 heteroatoms. The molecule has 3 nitrogen and oxygen atoms in total.